The van der Waals surface area contributed by atoms with E-state index in [9.17, 15) is 4.79 Å². The zero-order chi connectivity index (χ0) is 15.2. The van der Waals surface area contributed by atoms with Crippen molar-refractivity contribution < 1.29 is 9.53 Å². The monoisotopic (exact) mass is 277 g/mol. The molecular weight excluding hydrogens is 250 g/mol. The number of esters is 1. The topological polar surface area (TPSA) is 52.3 Å². The fraction of sp³-hybridized carbons (Fsp3) is 0.588. The van der Waals surface area contributed by atoms with Crippen molar-refractivity contribution in [1.29, 1.82) is 0 Å². The Labute approximate surface area is 122 Å². The minimum Gasteiger partial charge on any atom is -0.469 e. The quantitative estimate of drug-likeness (QED) is 0.778. The first-order chi connectivity index (χ1) is 9.46. The average molecular weight is 277 g/mol. The van der Waals surface area contributed by atoms with Gasteiger partial charge in [-0.2, -0.15) is 0 Å². The van der Waals surface area contributed by atoms with Crippen molar-refractivity contribution in [2.24, 2.45) is 11.7 Å². The van der Waals surface area contributed by atoms with E-state index in [0.717, 1.165) is 18.4 Å². The zero-order valence-electron chi connectivity index (χ0n) is 13.1. The molecular formula is C17H27NO2. The summed E-state index contributed by atoms with van der Waals surface area (Å²) >= 11 is 0. The third kappa shape index (κ3) is 3.83. The Bertz CT molecular complexity index is 416. The molecule has 112 valence electrons. The van der Waals surface area contributed by atoms with Crippen LogP contribution in [-0.2, 0) is 14.9 Å². The van der Waals surface area contributed by atoms with Gasteiger partial charge in [0.1, 0.15) is 0 Å². The predicted octanol–water partition coefficient (Wildman–Crippen LogP) is 3.27. The van der Waals surface area contributed by atoms with Crippen LogP contribution in [0.1, 0.15) is 45.6 Å². The zero-order valence-corrected chi connectivity index (χ0v) is 13.1. The maximum atomic E-state index is 11.9. The summed E-state index contributed by atoms with van der Waals surface area (Å²) < 4.78 is 4.91. The number of methoxy groups -OCH3 is 1. The van der Waals surface area contributed by atoms with E-state index in [-0.39, 0.29) is 17.4 Å². The summed E-state index contributed by atoms with van der Waals surface area (Å²) in [6, 6.07) is 10.1. The second-order valence-electron chi connectivity index (χ2n) is 5.89. The van der Waals surface area contributed by atoms with Crippen LogP contribution in [0.2, 0.25) is 0 Å². The van der Waals surface area contributed by atoms with Crippen molar-refractivity contribution in [3.8, 4) is 0 Å². The lowest BCUT2D eigenvalue weighted by Crippen LogP contribution is -2.47. The highest BCUT2D eigenvalue weighted by Gasteiger charge is 2.40. The van der Waals surface area contributed by atoms with Gasteiger partial charge in [-0.15, -0.1) is 0 Å². The minimum atomic E-state index is -0.350. The Morgan fingerprint density at radius 1 is 1.30 bits per heavy atom. The molecule has 2 atom stereocenters. The van der Waals surface area contributed by atoms with Gasteiger partial charge in [-0.3, -0.25) is 4.79 Å². The molecule has 0 aromatic heterocycles. The maximum absolute atomic E-state index is 11.9. The fourth-order valence-corrected chi connectivity index (χ4v) is 3.01. The molecule has 0 aliphatic heterocycles. The van der Waals surface area contributed by atoms with Gasteiger partial charge in [0.05, 0.1) is 13.5 Å². The number of hydrogen-bond acceptors (Lipinski definition) is 3. The second kappa shape index (κ2) is 7.44. The predicted molar refractivity (Wildman–Crippen MR) is 82.5 cm³/mol. The Hall–Kier alpha value is -1.35. The number of benzene rings is 1. The van der Waals surface area contributed by atoms with Gasteiger partial charge in [-0.05, 0) is 24.3 Å². The van der Waals surface area contributed by atoms with Crippen LogP contribution in [-0.4, -0.2) is 19.1 Å². The van der Waals surface area contributed by atoms with Crippen molar-refractivity contribution in [3.05, 3.63) is 35.9 Å². The van der Waals surface area contributed by atoms with E-state index in [4.69, 9.17) is 10.5 Å². The van der Waals surface area contributed by atoms with Crippen LogP contribution in [0.25, 0.3) is 0 Å². The molecule has 2 unspecified atom stereocenters. The van der Waals surface area contributed by atoms with Crippen molar-refractivity contribution >= 4 is 5.97 Å². The van der Waals surface area contributed by atoms with Crippen molar-refractivity contribution in [3.63, 3.8) is 0 Å². The van der Waals surface area contributed by atoms with Gasteiger partial charge in [0, 0.05) is 11.5 Å². The molecule has 0 saturated heterocycles. The van der Waals surface area contributed by atoms with Gasteiger partial charge in [-0.1, -0.05) is 51.1 Å². The molecule has 0 radical (unpaired) electrons. The van der Waals surface area contributed by atoms with Crippen LogP contribution in [0.3, 0.4) is 0 Å². The molecule has 0 aliphatic rings. The van der Waals surface area contributed by atoms with Gasteiger partial charge in [-0.25, -0.2) is 0 Å². The van der Waals surface area contributed by atoms with Crippen LogP contribution in [0.5, 0.6) is 0 Å². The van der Waals surface area contributed by atoms with E-state index in [2.05, 4.69) is 32.9 Å². The number of hydrogen-bond donors (Lipinski definition) is 1. The molecule has 20 heavy (non-hydrogen) atoms. The van der Waals surface area contributed by atoms with E-state index >= 15 is 0 Å². The van der Waals surface area contributed by atoms with E-state index in [1.54, 1.807) is 0 Å². The lowest BCUT2D eigenvalue weighted by molar-refractivity contribution is -0.142. The summed E-state index contributed by atoms with van der Waals surface area (Å²) in [5, 5.41) is 0. The molecule has 3 nitrogen and oxygen atoms in total. The number of rotatable bonds is 7. The highest BCUT2D eigenvalue weighted by Crippen LogP contribution is 2.38. The third-order valence-corrected chi connectivity index (χ3v) is 3.96. The van der Waals surface area contributed by atoms with E-state index in [0.29, 0.717) is 12.3 Å². The smallest absolute Gasteiger partial charge is 0.306 e. The van der Waals surface area contributed by atoms with E-state index in [1.165, 1.54) is 7.11 Å². The largest absolute Gasteiger partial charge is 0.469 e. The first kappa shape index (κ1) is 16.7. The standard InChI is InChI=1S/C17H27NO2/c1-5-15(18)17(11-13(2)3,12-16(19)20-4)14-9-7-6-8-10-14/h6-10,13,15H,5,11-12,18H2,1-4H3. The highest BCUT2D eigenvalue weighted by atomic mass is 16.5. The number of ether oxygens (including phenoxy) is 1. The highest BCUT2D eigenvalue weighted by molar-refractivity contribution is 5.71. The van der Waals surface area contributed by atoms with Gasteiger partial charge in [0.2, 0.25) is 0 Å². The Morgan fingerprint density at radius 2 is 1.90 bits per heavy atom. The summed E-state index contributed by atoms with van der Waals surface area (Å²) in [6.45, 7) is 6.40. The summed E-state index contributed by atoms with van der Waals surface area (Å²) in [5.41, 5.74) is 7.21. The molecule has 0 saturated carbocycles. The van der Waals surface area contributed by atoms with Crippen LogP contribution in [0.15, 0.2) is 30.3 Å². The average Bonchev–Trinajstić information content (AvgIpc) is 2.45. The van der Waals surface area contributed by atoms with Crippen LogP contribution in [0.4, 0.5) is 0 Å². The third-order valence-electron chi connectivity index (χ3n) is 3.96. The Morgan fingerprint density at radius 3 is 2.35 bits per heavy atom. The van der Waals surface area contributed by atoms with Gasteiger partial charge < -0.3 is 10.5 Å². The summed E-state index contributed by atoms with van der Waals surface area (Å²) in [4.78, 5) is 11.9. The normalized spacial score (nSPS) is 15.7. The second-order valence-corrected chi connectivity index (χ2v) is 5.89. The molecule has 0 fully saturated rings. The maximum Gasteiger partial charge on any atom is 0.306 e. The molecule has 0 amide bonds. The Balaban J connectivity index is 3.28. The van der Waals surface area contributed by atoms with Crippen molar-refractivity contribution in [1.82, 2.24) is 0 Å². The van der Waals surface area contributed by atoms with Gasteiger partial charge >= 0.3 is 5.97 Å². The number of nitrogens with two attached hydrogens (primary N) is 1. The summed E-state index contributed by atoms with van der Waals surface area (Å²) in [5.74, 6) is 0.260. The van der Waals surface area contributed by atoms with Gasteiger partial charge in [0.15, 0.2) is 0 Å². The molecule has 1 rings (SSSR count). The lowest BCUT2D eigenvalue weighted by Gasteiger charge is -2.40. The van der Waals surface area contributed by atoms with E-state index in [1.807, 2.05) is 18.2 Å². The molecule has 0 bridgehead atoms. The first-order valence-electron chi connectivity index (χ1n) is 7.34. The van der Waals surface area contributed by atoms with Crippen LogP contribution < -0.4 is 5.73 Å². The molecule has 1 aromatic carbocycles. The number of carbonyl (C=O) groups excluding carboxylic acids is 1. The Kier molecular flexibility index (Phi) is 6.21. The molecule has 0 heterocycles. The lowest BCUT2D eigenvalue weighted by atomic mass is 9.66. The van der Waals surface area contributed by atoms with Crippen molar-refractivity contribution in [2.75, 3.05) is 7.11 Å². The summed E-state index contributed by atoms with van der Waals surface area (Å²) in [6.07, 6.45) is 2.04. The molecule has 3 heteroatoms. The minimum absolute atomic E-state index is 0.0635. The van der Waals surface area contributed by atoms with Crippen LogP contribution >= 0.6 is 0 Å². The molecule has 0 spiro atoms. The van der Waals surface area contributed by atoms with Gasteiger partial charge in [0.25, 0.3) is 0 Å². The number of carbonyl (C=O) groups is 1. The summed E-state index contributed by atoms with van der Waals surface area (Å²) in [7, 11) is 1.44. The molecule has 2 N–H and O–H groups in total. The first-order valence-corrected chi connectivity index (χ1v) is 7.34. The molecule has 0 aliphatic carbocycles. The molecule has 1 aromatic rings. The SMILES string of the molecule is CCC(N)C(CC(=O)OC)(CC(C)C)c1ccccc1. The fourth-order valence-electron chi connectivity index (χ4n) is 3.01. The van der Waals surface area contributed by atoms with Crippen LogP contribution in [0, 0.1) is 5.92 Å². The van der Waals surface area contributed by atoms with Crippen molar-refractivity contribution in [2.45, 2.75) is 51.5 Å². The van der Waals surface area contributed by atoms with E-state index < -0.39 is 0 Å².